The summed E-state index contributed by atoms with van der Waals surface area (Å²) in [4.78, 5) is 0. The smallest absolute Gasteiger partial charge is 0.0689 e. The highest BCUT2D eigenvalue weighted by Gasteiger charge is 2.38. The number of nitriles is 1. The van der Waals surface area contributed by atoms with Crippen LogP contribution in [0.5, 0.6) is 0 Å². The zero-order valence-corrected chi connectivity index (χ0v) is 16.9. The van der Waals surface area contributed by atoms with Gasteiger partial charge in [0, 0.05) is 0 Å². The van der Waals surface area contributed by atoms with Gasteiger partial charge in [0.25, 0.3) is 0 Å². The molecular weight excluding hydrogens is 302 g/mol. The number of allylic oxidation sites excluding steroid dienone is 2. The molecule has 2 aliphatic rings. The van der Waals surface area contributed by atoms with Gasteiger partial charge in [0.15, 0.2) is 0 Å². The third-order valence-corrected chi connectivity index (χ3v) is 7.16. The third-order valence-electron chi connectivity index (χ3n) is 7.16. The van der Waals surface area contributed by atoms with Crippen LogP contribution in [-0.4, -0.2) is 0 Å². The predicted octanol–water partition coefficient (Wildman–Crippen LogP) is 7.82. The van der Waals surface area contributed by atoms with Gasteiger partial charge in [-0.3, -0.25) is 0 Å². The van der Waals surface area contributed by atoms with E-state index in [1.165, 1.54) is 70.6 Å². The summed E-state index contributed by atoms with van der Waals surface area (Å²) in [5.41, 5.74) is -0.00855. The molecule has 2 fully saturated rings. The molecule has 0 bridgehead atoms. The molecule has 0 spiro atoms. The molecule has 1 nitrogen and oxygen atoms in total. The van der Waals surface area contributed by atoms with E-state index in [-0.39, 0.29) is 5.41 Å². The highest BCUT2D eigenvalue weighted by atomic mass is 14.4. The van der Waals surface area contributed by atoms with Gasteiger partial charge in [0.1, 0.15) is 0 Å². The first kappa shape index (κ1) is 20.5. The minimum Gasteiger partial charge on any atom is -0.198 e. The molecule has 25 heavy (non-hydrogen) atoms. The fourth-order valence-electron chi connectivity index (χ4n) is 5.28. The second-order valence-electron chi connectivity index (χ2n) is 8.95. The number of unbranched alkanes of at least 4 members (excludes halogenated alkanes) is 2. The van der Waals surface area contributed by atoms with E-state index in [0.29, 0.717) is 0 Å². The van der Waals surface area contributed by atoms with Crippen LogP contribution in [0.1, 0.15) is 110 Å². The Kier molecular flexibility index (Phi) is 9.08. The van der Waals surface area contributed by atoms with Crippen molar-refractivity contribution in [2.75, 3.05) is 0 Å². The van der Waals surface area contributed by atoms with Crippen LogP contribution in [0.4, 0.5) is 0 Å². The zero-order chi connectivity index (χ0) is 18.0. The Bertz CT molecular complexity index is 414. The van der Waals surface area contributed by atoms with Crippen molar-refractivity contribution in [1.29, 1.82) is 5.26 Å². The summed E-state index contributed by atoms with van der Waals surface area (Å²) < 4.78 is 0. The molecule has 0 atom stereocenters. The lowest BCUT2D eigenvalue weighted by molar-refractivity contribution is 0.116. The van der Waals surface area contributed by atoms with Gasteiger partial charge in [0.05, 0.1) is 11.5 Å². The molecule has 2 rings (SSSR count). The summed E-state index contributed by atoms with van der Waals surface area (Å²) in [6.07, 6.45) is 24.3. The van der Waals surface area contributed by atoms with Crippen molar-refractivity contribution in [3.05, 3.63) is 12.2 Å². The van der Waals surface area contributed by atoms with E-state index in [4.69, 9.17) is 0 Å². The summed E-state index contributed by atoms with van der Waals surface area (Å²) >= 11 is 0. The van der Waals surface area contributed by atoms with Gasteiger partial charge in [-0.15, -0.1) is 0 Å². The van der Waals surface area contributed by atoms with Crippen LogP contribution in [0.2, 0.25) is 0 Å². The first-order valence-electron chi connectivity index (χ1n) is 11.3. The van der Waals surface area contributed by atoms with Crippen molar-refractivity contribution >= 4 is 0 Å². The first-order valence-corrected chi connectivity index (χ1v) is 11.3. The summed E-state index contributed by atoms with van der Waals surface area (Å²) in [6, 6.07) is 2.73. The van der Waals surface area contributed by atoms with Crippen LogP contribution in [0.15, 0.2) is 12.2 Å². The van der Waals surface area contributed by atoms with Gasteiger partial charge < -0.3 is 0 Å². The van der Waals surface area contributed by atoms with Gasteiger partial charge in [-0.05, 0) is 75.5 Å². The Hall–Kier alpha value is -0.770. The van der Waals surface area contributed by atoms with Crippen molar-refractivity contribution in [3.63, 3.8) is 0 Å². The maximum atomic E-state index is 9.78. The number of nitrogens with zero attached hydrogens (tertiary/aromatic N) is 1. The molecule has 0 radical (unpaired) electrons. The average molecular weight is 344 g/mol. The standard InChI is InChI=1S/C24H41N/c1-3-5-7-8-9-17-24(20-25)18-15-23(16-19-24)22-13-11-21(12-14-22)10-6-4-2/h7-8,21-23H,3-6,9-19H2,1-2H3. The highest BCUT2D eigenvalue weighted by Crippen LogP contribution is 2.47. The predicted molar refractivity (Wildman–Crippen MR) is 108 cm³/mol. The summed E-state index contributed by atoms with van der Waals surface area (Å²) in [5.74, 6) is 2.91. The van der Waals surface area contributed by atoms with Gasteiger partial charge in [-0.2, -0.15) is 5.26 Å². The maximum absolute atomic E-state index is 9.78. The fraction of sp³-hybridized carbons (Fsp3) is 0.875. The molecule has 0 aliphatic heterocycles. The van der Waals surface area contributed by atoms with E-state index >= 15 is 0 Å². The van der Waals surface area contributed by atoms with Crippen LogP contribution < -0.4 is 0 Å². The topological polar surface area (TPSA) is 23.8 Å². The normalized spacial score (nSPS) is 33.4. The molecular formula is C24H41N. The number of hydrogen-bond acceptors (Lipinski definition) is 1. The van der Waals surface area contributed by atoms with Crippen molar-refractivity contribution in [3.8, 4) is 6.07 Å². The van der Waals surface area contributed by atoms with Crippen molar-refractivity contribution < 1.29 is 0 Å². The molecule has 0 saturated heterocycles. The second kappa shape index (κ2) is 11.1. The largest absolute Gasteiger partial charge is 0.198 e. The number of hydrogen-bond donors (Lipinski definition) is 0. The van der Waals surface area contributed by atoms with Gasteiger partial charge in [-0.25, -0.2) is 0 Å². The monoisotopic (exact) mass is 343 g/mol. The maximum Gasteiger partial charge on any atom is 0.0689 e. The summed E-state index contributed by atoms with van der Waals surface area (Å²) in [6.45, 7) is 4.54. The van der Waals surface area contributed by atoms with Crippen molar-refractivity contribution in [2.24, 2.45) is 23.2 Å². The molecule has 2 aliphatic carbocycles. The average Bonchev–Trinajstić information content (AvgIpc) is 2.67. The molecule has 0 N–H and O–H groups in total. The van der Waals surface area contributed by atoms with E-state index in [9.17, 15) is 5.26 Å². The van der Waals surface area contributed by atoms with Crippen molar-refractivity contribution in [2.45, 2.75) is 110 Å². The molecule has 0 amide bonds. The Morgan fingerprint density at radius 3 is 2.12 bits per heavy atom. The van der Waals surface area contributed by atoms with E-state index in [0.717, 1.165) is 43.4 Å². The molecule has 0 heterocycles. The lowest BCUT2D eigenvalue weighted by Gasteiger charge is -2.40. The molecule has 0 aromatic heterocycles. The first-order chi connectivity index (χ1) is 12.2. The van der Waals surface area contributed by atoms with Crippen LogP contribution in [0.25, 0.3) is 0 Å². The Labute approximate surface area is 157 Å². The van der Waals surface area contributed by atoms with Crippen molar-refractivity contribution in [1.82, 2.24) is 0 Å². The Balaban J connectivity index is 1.72. The van der Waals surface area contributed by atoms with E-state index in [2.05, 4.69) is 32.1 Å². The quantitative estimate of drug-likeness (QED) is 0.391. The Morgan fingerprint density at radius 1 is 0.880 bits per heavy atom. The van der Waals surface area contributed by atoms with E-state index in [1.54, 1.807) is 0 Å². The SMILES string of the molecule is CCCC=CCCC1(C#N)CCC(C2CCC(CCCC)CC2)CC1. The minimum absolute atomic E-state index is 0.00855. The molecule has 2 saturated carbocycles. The molecule has 0 aromatic rings. The van der Waals surface area contributed by atoms with Gasteiger partial charge >= 0.3 is 0 Å². The second-order valence-corrected chi connectivity index (χ2v) is 8.95. The van der Waals surface area contributed by atoms with Crippen LogP contribution in [-0.2, 0) is 0 Å². The molecule has 142 valence electrons. The van der Waals surface area contributed by atoms with Crippen LogP contribution >= 0.6 is 0 Å². The van der Waals surface area contributed by atoms with Gasteiger partial charge in [0.2, 0.25) is 0 Å². The van der Waals surface area contributed by atoms with Crippen LogP contribution in [0.3, 0.4) is 0 Å². The third kappa shape index (κ3) is 6.47. The van der Waals surface area contributed by atoms with E-state index < -0.39 is 0 Å². The number of rotatable bonds is 9. The lowest BCUT2D eigenvalue weighted by atomic mass is 9.63. The molecule has 0 aromatic carbocycles. The fourth-order valence-corrected chi connectivity index (χ4v) is 5.28. The lowest BCUT2D eigenvalue weighted by Crippen LogP contribution is -2.31. The minimum atomic E-state index is -0.00855. The molecule has 0 unspecified atom stereocenters. The summed E-state index contributed by atoms with van der Waals surface area (Å²) in [7, 11) is 0. The Morgan fingerprint density at radius 2 is 1.52 bits per heavy atom. The van der Waals surface area contributed by atoms with Crippen LogP contribution in [0, 0.1) is 34.5 Å². The summed E-state index contributed by atoms with van der Waals surface area (Å²) in [5, 5.41) is 9.78. The van der Waals surface area contributed by atoms with Gasteiger partial charge in [-0.1, -0.05) is 64.5 Å². The zero-order valence-electron chi connectivity index (χ0n) is 16.9. The highest BCUT2D eigenvalue weighted by molar-refractivity contribution is 5.03. The van der Waals surface area contributed by atoms with E-state index in [1.807, 2.05) is 0 Å². The molecule has 1 heteroatoms.